The van der Waals surface area contributed by atoms with E-state index in [-0.39, 0.29) is 5.56 Å². The van der Waals surface area contributed by atoms with Crippen molar-refractivity contribution in [3.8, 4) is 28.5 Å². The molecule has 0 fully saturated rings. The van der Waals surface area contributed by atoms with E-state index in [0.717, 1.165) is 0 Å². The highest BCUT2D eigenvalue weighted by Gasteiger charge is 2.24. The molecule has 0 saturated carbocycles. The SMILES string of the molecule is COc1cc(NC(=O)COC(=O)c2c(-c3ccccc3)noc2C)cc(OC)c1OC. The summed E-state index contributed by atoms with van der Waals surface area (Å²) in [4.78, 5) is 24.9. The largest absolute Gasteiger partial charge is 0.493 e. The Hall–Kier alpha value is -4.01. The average Bonchev–Trinajstić information content (AvgIpc) is 3.18. The van der Waals surface area contributed by atoms with Crippen molar-refractivity contribution < 1.29 is 33.1 Å². The van der Waals surface area contributed by atoms with E-state index >= 15 is 0 Å². The molecule has 9 heteroatoms. The first kappa shape index (κ1) is 21.7. The Morgan fingerprint density at radius 2 is 1.65 bits per heavy atom. The van der Waals surface area contributed by atoms with Crippen molar-refractivity contribution in [3.05, 3.63) is 53.8 Å². The van der Waals surface area contributed by atoms with Crippen molar-refractivity contribution in [2.45, 2.75) is 6.92 Å². The molecule has 0 aliphatic heterocycles. The van der Waals surface area contributed by atoms with Crippen molar-refractivity contribution in [2.24, 2.45) is 0 Å². The second-order valence-electron chi connectivity index (χ2n) is 6.37. The first-order valence-corrected chi connectivity index (χ1v) is 9.27. The summed E-state index contributed by atoms with van der Waals surface area (Å²) in [5, 5.41) is 6.57. The van der Waals surface area contributed by atoms with Crippen molar-refractivity contribution in [2.75, 3.05) is 33.3 Å². The Kier molecular flexibility index (Phi) is 6.76. The maximum atomic E-state index is 12.6. The zero-order valence-corrected chi connectivity index (χ0v) is 17.6. The Labute approximate surface area is 178 Å². The van der Waals surface area contributed by atoms with Gasteiger partial charge in [-0.05, 0) is 6.92 Å². The Morgan fingerprint density at radius 3 is 2.23 bits per heavy atom. The lowest BCUT2D eigenvalue weighted by atomic mass is 10.1. The summed E-state index contributed by atoms with van der Waals surface area (Å²) in [6, 6.07) is 12.2. The number of benzene rings is 2. The molecule has 0 spiro atoms. The van der Waals surface area contributed by atoms with Crippen LogP contribution in [0, 0.1) is 6.92 Å². The third-order valence-electron chi connectivity index (χ3n) is 4.40. The predicted octanol–water partition coefficient (Wildman–Crippen LogP) is 3.47. The molecule has 0 atom stereocenters. The van der Waals surface area contributed by atoms with Gasteiger partial charge >= 0.3 is 5.97 Å². The van der Waals surface area contributed by atoms with Crippen molar-refractivity contribution in [1.29, 1.82) is 0 Å². The Morgan fingerprint density at radius 1 is 1.00 bits per heavy atom. The second kappa shape index (κ2) is 9.66. The Bertz CT molecular complexity index is 1050. The van der Waals surface area contributed by atoms with Gasteiger partial charge in [-0.15, -0.1) is 0 Å². The molecule has 31 heavy (non-hydrogen) atoms. The standard InChI is InChI=1S/C22H22N2O7/c1-13-19(20(24-31-13)14-8-6-5-7-9-14)22(26)30-12-18(25)23-15-10-16(27-2)21(29-4)17(11-15)28-3/h5-11H,12H2,1-4H3,(H,23,25). The summed E-state index contributed by atoms with van der Waals surface area (Å²) in [5.41, 5.74) is 1.62. The monoisotopic (exact) mass is 426 g/mol. The first-order chi connectivity index (χ1) is 15.0. The van der Waals surface area contributed by atoms with Gasteiger partial charge in [0.05, 0.1) is 21.3 Å². The minimum Gasteiger partial charge on any atom is -0.493 e. The maximum absolute atomic E-state index is 12.6. The number of methoxy groups -OCH3 is 3. The molecule has 0 aliphatic rings. The molecule has 1 aromatic heterocycles. The number of ether oxygens (including phenoxy) is 4. The lowest BCUT2D eigenvalue weighted by molar-refractivity contribution is -0.119. The fourth-order valence-electron chi connectivity index (χ4n) is 2.96. The van der Waals surface area contributed by atoms with Gasteiger partial charge in [0.25, 0.3) is 5.91 Å². The van der Waals surface area contributed by atoms with Crippen LogP contribution in [0.5, 0.6) is 17.2 Å². The van der Waals surface area contributed by atoms with Crippen molar-refractivity contribution in [1.82, 2.24) is 5.16 Å². The highest BCUT2D eigenvalue weighted by Crippen LogP contribution is 2.39. The van der Waals surface area contributed by atoms with Crippen LogP contribution < -0.4 is 19.5 Å². The topological polar surface area (TPSA) is 109 Å². The Balaban J connectivity index is 1.70. The van der Waals surface area contributed by atoms with Gasteiger partial charge in [0.15, 0.2) is 18.1 Å². The highest BCUT2D eigenvalue weighted by molar-refractivity contribution is 5.99. The minimum absolute atomic E-state index is 0.173. The van der Waals surface area contributed by atoms with Crippen molar-refractivity contribution >= 4 is 17.6 Å². The number of esters is 1. The normalized spacial score (nSPS) is 10.3. The van der Waals surface area contributed by atoms with Gasteiger partial charge in [0, 0.05) is 23.4 Å². The molecule has 1 N–H and O–H groups in total. The summed E-state index contributed by atoms with van der Waals surface area (Å²) < 4.78 is 26.1. The molecule has 0 bridgehead atoms. The fraction of sp³-hybridized carbons (Fsp3) is 0.227. The molecule has 0 aliphatic carbocycles. The molecule has 162 valence electrons. The molecule has 0 unspecified atom stereocenters. The number of rotatable bonds is 8. The van der Waals surface area contributed by atoms with E-state index in [1.54, 1.807) is 31.2 Å². The molecule has 0 radical (unpaired) electrons. The molecule has 1 amide bonds. The van der Waals surface area contributed by atoms with Gasteiger partial charge in [0.1, 0.15) is 17.0 Å². The van der Waals surface area contributed by atoms with E-state index in [0.29, 0.717) is 40.0 Å². The molecule has 9 nitrogen and oxygen atoms in total. The quantitative estimate of drug-likeness (QED) is 0.546. The highest BCUT2D eigenvalue weighted by atomic mass is 16.5. The molecule has 3 rings (SSSR count). The second-order valence-corrected chi connectivity index (χ2v) is 6.37. The number of hydrogen-bond acceptors (Lipinski definition) is 8. The minimum atomic E-state index is -0.711. The molecular weight excluding hydrogens is 404 g/mol. The van der Waals surface area contributed by atoms with Gasteiger partial charge in [-0.3, -0.25) is 4.79 Å². The van der Waals surface area contributed by atoms with Crippen LogP contribution >= 0.6 is 0 Å². The zero-order valence-electron chi connectivity index (χ0n) is 17.6. The summed E-state index contributed by atoms with van der Waals surface area (Å²) in [7, 11) is 4.42. The van der Waals surface area contributed by atoms with E-state index in [1.165, 1.54) is 21.3 Å². The molecule has 0 saturated heterocycles. The van der Waals surface area contributed by atoms with Gasteiger partial charge in [-0.25, -0.2) is 4.79 Å². The van der Waals surface area contributed by atoms with E-state index in [2.05, 4.69) is 10.5 Å². The molecule has 3 aromatic rings. The predicted molar refractivity (Wildman–Crippen MR) is 112 cm³/mol. The number of carbonyl (C=O) groups excluding carboxylic acids is 2. The average molecular weight is 426 g/mol. The van der Waals surface area contributed by atoms with Crippen LogP contribution in [0.15, 0.2) is 47.0 Å². The number of aromatic nitrogens is 1. The summed E-state index contributed by atoms with van der Waals surface area (Å²) in [6.45, 7) is 1.10. The number of hydrogen-bond donors (Lipinski definition) is 1. The smallest absolute Gasteiger partial charge is 0.344 e. The van der Waals surface area contributed by atoms with Crippen LogP contribution in [0.2, 0.25) is 0 Å². The van der Waals surface area contributed by atoms with E-state index in [9.17, 15) is 9.59 Å². The van der Waals surface area contributed by atoms with Crippen molar-refractivity contribution in [3.63, 3.8) is 0 Å². The number of anilines is 1. The van der Waals surface area contributed by atoms with Crippen LogP contribution in [0.3, 0.4) is 0 Å². The van der Waals surface area contributed by atoms with Crippen LogP contribution in [0.1, 0.15) is 16.1 Å². The number of aryl methyl sites for hydroxylation is 1. The first-order valence-electron chi connectivity index (χ1n) is 9.27. The van der Waals surface area contributed by atoms with Crippen LogP contribution in [-0.4, -0.2) is 45.0 Å². The van der Waals surface area contributed by atoms with Crippen LogP contribution in [0.25, 0.3) is 11.3 Å². The summed E-state index contributed by atoms with van der Waals surface area (Å²) in [6.07, 6.45) is 0. The van der Waals surface area contributed by atoms with Gasteiger partial charge in [-0.1, -0.05) is 35.5 Å². The van der Waals surface area contributed by atoms with Gasteiger partial charge < -0.3 is 28.8 Å². The number of amides is 1. The third kappa shape index (κ3) is 4.77. The van der Waals surface area contributed by atoms with Crippen LogP contribution in [-0.2, 0) is 9.53 Å². The van der Waals surface area contributed by atoms with E-state index < -0.39 is 18.5 Å². The number of nitrogens with one attached hydrogen (secondary N) is 1. The fourth-order valence-corrected chi connectivity index (χ4v) is 2.96. The van der Waals surface area contributed by atoms with E-state index in [4.69, 9.17) is 23.5 Å². The van der Waals surface area contributed by atoms with Gasteiger partial charge in [0.2, 0.25) is 5.75 Å². The summed E-state index contributed by atoms with van der Waals surface area (Å²) >= 11 is 0. The molecule has 2 aromatic carbocycles. The van der Waals surface area contributed by atoms with Crippen LogP contribution in [0.4, 0.5) is 5.69 Å². The lowest BCUT2D eigenvalue weighted by Crippen LogP contribution is -2.21. The number of carbonyl (C=O) groups is 2. The molecular formula is C22H22N2O7. The number of nitrogens with zero attached hydrogens (tertiary/aromatic N) is 1. The van der Waals surface area contributed by atoms with Gasteiger partial charge in [-0.2, -0.15) is 0 Å². The zero-order chi connectivity index (χ0) is 22.4. The lowest BCUT2D eigenvalue weighted by Gasteiger charge is -2.14. The maximum Gasteiger partial charge on any atom is 0.344 e. The van der Waals surface area contributed by atoms with E-state index in [1.807, 2.05) is 18.2 Å². The summed E-state index contributed by atoms with van der Waals surface area (Å²) in [5.74, 6) is 0.193. The third-order valence-corrected chi connectivity index (χ3v) is 4.40. The molecule has 1 heterocycles.